The van der Waals surface area contributed by atoms with E-state index in [1.807, 2.05) is 50.3 Å². The first-order valence-electron chi connectivity index (χ1n) is 13.8. The SMILES string of the molecule is CCOc1cc2ncnc(Nc3ccc(Oc4cc5nncn5cn4)c(C)c3)c2cc1NC(=O)C=CC1CCCN1C. The Hall–Kier alpha value is -5.10. The molecule has 214 valence electrons. The van der Waals surface area contributed by atoms with E-state index in [2.05, 4.69) is 47.7 Å². The molecule has 0 radical (unpaired) electrons. The predicted octanol–water partition coefficient (Wildman–Crippen LogP) is 4.90. The Bertz CT molecular complexity index is 1790. The van der Waals surface area contributed by atoms with Gasteiger partial charge in [-0.05, 0) is 70.1 Å². The Morgan fingerprint density at radius 2 is 2.02 bits per heavy atom. The quantitative estimate of drug-likeness (QED) is 0.238. The third-order valence-electron chi connectivity index (χ3n) is 7.16. The first-order chi connectivity index (χ1) is 20.5. The average Bonchev–Trinajstić information content (AvgIpc) is 3.62. The number of fused-ring (bicyclic) bond motifs is 2. The number of carbonyl (C=O) groups is 1. The third-order valence-corrected chi connectivity index (χ3v) is 7.16. The molecular weight excluding hydrogens is 534 g/mol. The number of amides is 1. The second kappa shape index (κ2) is 11.8. The van der Waals surface area contributed by atoms with Crippen LogP contribution in [0.1, 0.15) is 25.3 Å². The van der Waals surface area contributed by atoms with Crippen molar-refractivity contribution in [3.63, 3.8) is 0 Å². The van der Waals surface area contributed by atoms with E-state index in [1.54, 1.807) is 29.2 Å². The summed E-state index contributed by atoms with van der Waals surface area (Å²) in [5, 5.41) is 15.0. The lowest BCUT2D eigenvalue weighted by Gasteiger charge is -2.16. The van der Waals surface area contributed by atoms with Gasteiger partial charge in [-0.3, -0.25) is 14.1 Å². The normalized spacial score (nSPS) is 15.5. The minimum Gasteiger partial charge on any atom is -0.492 e. The van der Waals surface area contributed by atoms with Gasteiger partial charge in [0, 0.05) is 35.3 Å². The molecule has 1 aliphatic rings. The maximum Gasteiger partial charge on any atom is 0.248 e. The van der Waals surface area contributed by atoms with Gasteiger partial charge >= 0.3 is 0 Å². The van der Waals surface area contributed by atoms with Crippen LogP contribution in [-0.2, 0) is 4.79 Å². The standard InChI is InChI=1S/C30H31N9O3/c1-4-41-26-14-23-22(13-24(26)36-28(40)10-8-21-6-5-11-38(21)3)30(32-16-31-23)35-20-7-9-25(19(2)12-20)42-29-15-27-37-34-18-39(27)17-33-29/h7-10,12-18,21H,4-6,11H2,1-3H3,(H,36,40)(H,31,32,35). The Morgan fingerprint density at radius 3 is 2.83 bits per heavy atom. The maximum absolute atomic E-state index is 12.9. The van der Waals surface area contributed by atoms with E-state index in [4.69, 9.17) is 9.47 Å². The van der Waals surface area contributed by atoms with Crippen LogP contribution in [0.15, 0.2) is 67.5 Å². The molecule has 0 saturated carbocycles. The van der Waals surface area contributed by atoms with E-state index in [9.17, 15) is 4.79 Å². The fourth-order valence-electron chi connectivity index (χ4n) is 4.97. The van der Waals surface area contributed by atoms with Gasteiger partial charge in [-0.2, -0.15) is 0 Å². The van der Waals surface area contributed by atoms with Crippen molar-refractivity contribution in [2.45, 2.75) is 32.7 Å². The molecule has 1 aliphatic heterocycles. The molecule has 3 aromatic heterocycles. The molecular formula is C30H31N9O3. The van der Waals surface area contributed by atoms with Gasteiger partial charge in [-0.25, -0.2) is 15.0 Å². The lowest BCUT2D eigenvalue weighted by Crippen LogP contribution is -2.23. The zero-order chi connectivity index (χ0) is 29.1. The van der Waals surface area contributed by atoms with Crippen LogP contribution in [0.5, 0.6) is 17.4 Å². The van der Waals surface area contributed by atoms with Gasteiger partial charge in [0.15, 0.2) is 5.65 Å². The molecule has 5 aromatic rings. The number of aryl methyl sites for hydroxylation is 1. The van der Waals surface area contributed by atoms with Crippen LogP contribution in [0.3, 0.4) is 0 Å². The summed E-state index contributed by atoms with van der Waals surface area (Å²) < 4.78 is 13.5. The van der Waals surface area contributed by atoms with E-state index in [-0.39, 0.29) is 11.9 Å². The molecule has 0 spiro atoms. The Balaban J connectivity index is 1.23. The number of anilines is 3. The van der Waals surface area contributed by atoms with Crippen LogP contribution in [-0.4, -0.2) is 66.6 Å². The molecule has 2 N–H and O–H groups in total. The molecule has 6 rings (SSSR count). The van der Waals surface area contributed by atoms with Crippen molar-refractivity contribution < 1.29 is 14.3 Å². The van der Waals surface area contributed by atoms with Crippen LogP contribution in [0.2, 0.25) is 0 Å². The number of ether oxygens (including phenoxy) is 2. The van der Waals surface area contributed by atoms with Gasteiger partial charge in [-0.1, -0.05) is 6.08 Å². The summed E-state index contributed by atoms with van der Waals surface area (Å²) in [6.07, 6.45) is 10.4. The second-order valence-corrected chi connectivity index (χ2v) is 10.1. The third kappa shape index (κ3) is 5.84. The molecule has 12 nitrogen and oxygen atoms in total. The summed E-state index contributed by atoms with van der Waals surface area (Å²) in [6.45, 7) is 5.34. The average molecular weight is 566 g/mol. The Labute approximate surface area is 242 Å². The lowest BCUT2D eigenvalue weighted by molar-refractivity contribution is -0.112. The van der Waals surface area contributed by atoms with Gasteiger partial charge in [0.2, 0.25) is 11.8 Å². The molecule has 1 atom stereocenters. The molecule has 42 heavy (non-hydrogen) atoms. The van der Waals surface area contributed by atoms with Crippen molar-refractivity contribution in [3.8, 4) is 17.4 Å². The molecule has 4 heterocycles. The number of likely N-dealkylation sites (N-methyl/N-ethyl adjacent to an activating group) is 1. The molecule has 1 unspecified atom stereocenters. The highest BCUT2D eigenvalue weighted by Gasteiger charge is 2.18. The lowest BCUT2D eigenvalue weighted by atomic mass is 10.1. The number of benzene rings is 2. The number of hydrogen-bond acceptors (Lipinski definition) is 10. The number of nitrogens with zero attached hydrogens (tertiary/aromatic N) is 7. The van der Waals surface area contributed by atoms with Crippen molar-refractivity contribution in [1.29, 1.82) is 0 Å². The van der Waals surface area contributed by atoms with Crippen molar-refractivity contribution in [3.05, 3.63) is 73.1 Å². The maximum atomic E-state index is 12.9. The molecule has 1 amide bonds. The summed E-state index contributed by atoms with van der Waals surface area (Å²) in [7, 11) is 2.07. The Kier molecular flexibility index (Phi) is 7.60. The van der Waals surface area contributed by atoms with E-state index < -0.39 is 0 Å². The van der Waals surface area contributed by atoms with Crippen LogP contribution >= 0.6 is 0 Å². The van der Waals surface area contributed by atoms with E-state index in [1.165, 1.54) is 6.33 Å². The van der Waals surface area contributed by atoms with Gasteiger partial charge in [0.1, 0.15) is 36.3 Å². The molecule has 2 aromatic carbocycles. The number of rotatable bonds is 9. The van der Waals surface area contributed by atoms with Gasteiger partial charge in [-0.15, -0.1) is 10.2 Å². The molecule has 1 saturated heterocycles. The number of aromatic nitrogens is 6. The zero-order valence-corrected chi connectivity index (χ0v) is 23.6. The van der Waals surface area contributed by atoms with Crippen molar-refractivity contribution >= 4 is 39.6 Å². The van der Waals surface area contributed by atoms with Crippen molar-refractivity contribution in [2.75, 3.05) is 30.8 Å². The molecule has 0 aliphatic carbocycles. The van der Waals surface area contributed by atoms with Crippen LogP contribution in [0.25, 0.3) is 16.6 Å². The summed E-state index contributed by atoms with van der Waals surface area (Å²) in [4.78, 5) is 28.3. The van der Waals surface area contributed by atoms with Crippen molar-refractivity contribution in [2.24, 2.45) is 0 Å². The summed E-state index contributed by atoms with van der Waals surface area (Å²) >= 11 is 0. The van der Waals surface area contributed by atoms with E-state index in [0.29, 0.717) is 46.7 Å². The highest BCUT2D eigenvalue weighted by molar-refractivity contribution is 6.03. The topological polar surface area (TPSA) is 132 Å². The van der Waals surface area contributed by atoms with Crippen LogP contribution < -0.4 is 20.1 Å². The monoisotopic (exact) mass is 565 g/mol. The number of likely N-dealkylation sites (tertiary alicyclic amines) is 1. The number of hydrogen-bond donors (Lipinski definition) is 2. The molecule has 0 bridgehead atoms. The number of carbonyl (C=O) groups excluding carboxylic acids is 1. The first-order valence-corrected chi connectivity index (χ1v) is 13.8. The predicted molar refractivity (Wildman–Crippen MR) is 159 cm³/mol. The minimum absolute atomic E-state index is 0.217. The van der Waals surface area contributed by atoms with Crippen molar-refractivity contribution in [1.82, 2.24) is 34.4 Å². The fourth-order valence-corrected chi connectivity index (χ4v) is 4.97. The van der Waals surface area contributed by atoms with E-state index in [0.717, 1.165) is 36.0 Å². The zero-order valence-electron chi connectivity index (χ0n) is 23.6. The van der Waals surface area contributed by atoms with Gasteiger partial charge in [0.25, 0.3) is 0 Å². The largest absolute Gasteiger partial charge is 0.492 e. The first kappa shape index (κ1) is 27.1. The second-order valence-electron chi connectivity index (χ2n) is 10.1. The van der Waals surface area contributed by atoms with Gasteiger partial charge < -0.3 is 20.1 Å². The highest BCUT2D eigenvalue weighted by Crippen LogP contribution is 2.34. The summed E-state index contributed by atoms with van der Waals surface area (Å²) in [5.74, 6) is 2.00. The Morgan fingerprint density at radius 1 is 1.12 bits per heavy atom. The van der Waals surface area contributed by atoms with Gasteiger partial charge in [0.05, 0.1) is 17.8 Å². The highest BCUT2D eigenvalue weighted by atomic mass is 16.5. The molecule has 12 heteroatoms. The smallest absolute Gasteiger partial charge is 0.248 e. The van der Waals surface area contributed by atoms with Crippen LogP contribution in [0, 0.1) is 6.92 Å². The minimum atomic E-state index is -0.217. The summed E-state index contributed by atoms with van der Waals surface area (Å²) in [6, 6.07) is 11.4. The van der Waals surface area contributed by atoms with Crippen LogP contribution in [0.4, 0.5) is 17.2 Å². The number of nitrogens with one attached hydrogen (secondary N) is 2. The van der Waals surface area contributed by atoms with E-state index >= 15 is 0 Å². The molecule has 1 fully saturated rings. The summed E-state index contributed by atoms with van der Waals surface area (Å²) in [5.41, 5.74) is 3.58. The fraction of sp³-hybridized carbons (Fsp3) is 0.267.